The zero-order valence-corrected chi connectivity index (χ0v) is 12.3. The van der Waals surface area contributed by atoms with E-state index in [0.717, 1.165) is 5.56 Å². The molecule has 0 spiro atoms. The summed E-state index contributed by atoms with van der Waals surface area (Å²) in [5, 5.41) is 0. The van der Waals surface area contributed by atoms with Gasteiger partial charge in [-0.05, 0) is 43.9 Å². The average molecular weight is 284 g/mol. The van der Waals surface area contributed by atoms with Crippen LogP contribution in [0.5, 0.6) is 0 Å². The highest BCUT2D eigenvalue weighted by Crippen LogP contribution is 2.28. The fourth-order valence-corrected chi connectivity index (χ4v) is 3.99. The summed E-state index contributed by atoms with van der Waals surface area (Å²) in [5.41, 5.74) is 7.73. The lowest BCUT2D eigenvalue weighted by molar-refractivity contribution is 0.0236. The molecule has 0 radical (unpaired) electrons. The minimum Gasteiger partial charge on any atom is -0.398 e. The molecule has 0 bridgehead atoms. The molecular formula is C13H20N2O3S. The Hall–Kier alpha value is -1.11. The van der Waals surface area contributed by atoms with Crippen molar-refractivity contribution >= 4 is 15.7 Å². The fraction of sp³-hybridized carbons (Fsp3) is 0.538. The minimum absolute atomic E-state index is 0.0609. The van der Waals surface area contributed by atoms with Gasteiger partial charge in [-0.3, -0.25) is 0 Å². The zero-order valence-electron chi connectivity index (χ0n) is 11.4. The summed E-state index contributed by atoms with van der Waals surface area (Å²) >= 11 is 0. The van der Waals surface area contributed by atoms with Crippen molar-refractivity contribution in [3.63, 3.8) is 0 Å². The van der Waals surface area contributed by atoms with Crippen molar-refractivity contribution in [2.45, 2.75) is 43.7 Å². The molecular weight excluding hydrogens is 264 g/mol. The molecule has 6 heteroatoms. The van der Waals surface area contributed by atoms with E-state index in [9.17, 15) is 8.42 Å². The van der Waals surface area contributed by atoms with Gasteiger partial charge >= 0.3 is 0 Å². The van der Waals surface area contributed by atoms with E-state index in [4.69, 9.17) is 10.5 Å². The second-order valence-corrected chi connectivity index (χ2v) is 6.72. The molecule has 106 valence electrons. The standard InChI is InChI=1S/C13H20N2O3S/c1-8-4-5-12(14)13(9(8)2)19(16,17)15-10-6-11(7-10)18-3/h4-5,10-11,15H,6-7,14H2,1-3H3. The van der Waals surface area contributed by atoms with E-state index in [2.05, 4.69) is 4.72 Å². The molecule has 1 aliphatic rings. The fourth-order valence-electron chi connectivity index (χ4n) is 2.30. The highest BCUT2D eigenvalue weighted by Gasteiger charge is 2.33. The molecule has 3 N–H and O–H groups in total. The quantitative estimate of drug-likeness (QED) is 0.818. The molecule has 0 aliphatic heterocycles. The van der Waals surface area contributed by atoms with Crippen LogP contribution in [0.15, 0.2) is 17.0 Å². The number of rotatable bonds is 4. The summed E-state index contributed by atoms with van der Waals surface area (Å²) < 4.78 is 32.6. The molecule has 0 unspecified atom stereocenters. The number of nitrogens with one attached hydrogen (secondary N) is 1. The van der Waals surface area contributed by atoms with Crippen molar-refractivity contribution in [2.24, 2.45) is 0 Å². The van der Waals surface area contributed by atoms with Crippen molar-refractivity contribution in [1.29, 1.82) is 0 Å². The van der Waals surface area contributed by atoms with Crippen LogP contribution < -0.4 is 10.5 Å². The topological polar surface area (TPSA) is 81.4 Å². The third-order valence-corrected chi connectivity index (χ3v) is 5.45. The van der Waals surface area contributed by atoms with Crippen LogP contribution in [0.4, 0.5) is 5.69 Å². The van der Waals surface area contributed by atoms with Gasteiger partial charge in [0.1, 0.15) is 4.90 Å². The van der Waals surface area contributed by atoms with Crippen LogP contribution in [0.25, 0.3) is 0 Å². The predicted molar refractivity (Wildman–Crippen MR) is 74.5 cm³/mol. The maximum absolute atomic E-state index is 12.4. The molecule has 0 atom stereocenters. The van der Waals surface area contributed by atoms with Gasteiger partial charge in [0.05, 0.1) is 11.8 Å². The first-order valence-electron chi connectivity index (χ1n) is 6.26. The Morgan fingerprint density at radius 3 is 2.53 bits per heavy atom. The maximum Gasteiger partial charge on any atom is 0.243 e. The highest BCUT2D eigenvalue weighted by molar-refractivity contribution is 7.89. The molecule has 1 aromatic carbocycles. The van der Waals surface area contributed by atoms with Gasteiger partial charge in [-0.25, -0.2) is 13.1 Å². The molecule has 0 heterocycles. The molecule has 0 amide bonds. The SMILES string of the molecule is COC1CC(NS(=O)(=O)c2c(N)ccc(C)c2C)C1. The van der Waals surface area contributed by atoms with Crippen molar-refractivity contribution < 1.29 is 13.2 Å². The van der Waals surface area contributed by atoms with E-state index in [1.807, 2.05) is 13.0 Å². The van der Waals surface area contributed by atoms with Crippen LogP contribution in [-0.4, -0.2) is 27.7 Å². The number of hydrogen-bond acceptors (Lipinski definition) is 4. The van der Waals surface area contributed by atoms with Crippen LogP contribution >= 0.6 is 0 Å². The lowest BCUT2D eigenvalue weighted by Crippen LogP contribution is -2.47. The first-order chi connectivity index (χ1) is 8.85. The maximum atomic E-state index is 12.4. The van der Waals surface area contributed by atoms with Crippen LogP contribution in [0.2, 0.25) is 0 Å². The molecule has 19 heavy (non-hydrogen) atoms. The van der Waals surface area contributed by atoms with Gasteiger partial charge in [0.25, 0.3) is 0 Å². The van der Waals surface area contributed by atoms with E-state index in [1.165, 1.54) is 0 Å². The van der Waals surface area contributed by atoms with Gasteiger partial charge in [0, 0.05) is 13.2 Å². The first-order valence-corrected chi connectivity index (χ1v) is 7.74. The number of benzene rings is 1. The lowest BCUT2D eigenvalue weighted by Gasteiger charge is -2.34. The number of anilines is 1. The summed E-state index contributed by atoms with van der Waals surface area (Å²) in [7, 11) is -1.93. The Kier molecular flexibility index (Phi) is 3.85. The number of sulfonamides is 1. The second-order valence-electron chi connectivity index (χ2n) is 5.07. The number of nitrogens with two attached hydrogens (primary N) is 1. The molecule has 1 saturated carbocycles. The second kappa shape index (κ2) is 5.11. The van der Waals surface area contributed by atoms with E-state index in [1.54, 1.807) is 20.1 Å². The van der Waals surface area contributed by atoms with Gasteiger partial charge in [0.2, 0.25) is 10.0 Å². The average Bonchev–Trinajstić information content (AvgIpc) is 2.28. The van der Waals surface area contributed by atoms with E-state index >= 15 is 0 Å². The number of nitrogen functional groups attached to an aromatic ring is 1. The van der Waals surface area contributed by atoms with Gasteiger partial charge in [-0.1, -0.05) is 6.07 Å². The molecule has 1 aromatic rings. The molecule has 0 aromatic heterocycles. The van der Waals surface area contributed by atoms with E-state index in [-0.39, 0.29) is 17.0 Å². The summed E-state index contributed by atoms with van der Waals surface area (Å²) in [5.74, 6) is 0. The third kappa shape index (κ3) is 2.75. The molecule has 5 nitrogen and oxygen atoms in total. The van der Waals surface area contributed by atoms with Gasteiger partial charge in [-0.2, -0.15) is 0 Å². The van der Waals surface area contributed by atoms with Crippen molar-refractivity contribution in [2.75, 3.05) is 12.8 Å². The normalized spacial score (nSPS) is 23.1. The van der Waals surface area contributed by atoms with Crippen LogP contribution in [0.3, 0.4) is 0 Å². The number of aryl methyl sites for hydroxylation is 1. The summed E-state index contributed by atoms with van der Waals surface area (Å²) in [6.07, 6.45) is 1.57. The van der Waals surface area contributed by atoms with Crippen LogP contribution in [-0.2, 0) is 14.8 Å². The van der Waals surface area contributed by atoms with Crippen molar-refractivity contribution in [3.8, 4) is 0 Å². The lowest BCUT2D eigenvalue weighted by atomic mass is 9.90. The van der Waals surface area contributed by atoms with E-state index < -0.39 is 10.0 Å². The summed E-state index contributed by atoms with van der Waals surface area (Å²) in [4.78, 5) is 0.202. The van der Waals surface area contributed by atoms with Crippen LogP contribution in [0, 0.1) is 13.8 Å². The number of methoxy groups -OCH3 is 1. The number of hydrogen-bond donors (Lipinski definition) is 2. The van der Waals surface area contributed by atoms with Gasteiger partial charge in [-0.15, -0.1) is 0 Å². The molecule has 0 saturated heterocycles. The monoisotopic (exact) mass is 284 g/mol. The Bertz CT molecular complexity index is 578. The molecule has 2 rings (SSSR count). The van der Waals surface area contributed by atoms with Crippen molar-refractivity contribution in [1.82, 2.24) is 4.72 Å². The Morgan fingerprint density at radius 2 is 1.95 bits per heavy atom. The zero-order chi connectivity index (χ0) is 14.2. The molecule has 1 aliphatic carbocycles. The number of ether oxygens (including phenoxy) is 1. The van der Waals surface area contributed by atoms with Crippen LogP contribution in [0.1, 0.15) is 24.0 Å². The highest BCUT2D eigenvalue weighted by atomic mass is 32.2. The molecule has 1 fully saturated rings. The predicted octanol–water partition coefficient (Wildman–Crippen LogP) is 1.34. The smallest absolute Gasteiger partial charge is 0.243 e. The first kappa shape index (κ1) is 14.3. The largest absolute Gasteiger partial charge is 0.398 e. The van der Waals surface area contributed by atoms with E-state index in [0.29, 0.717) is 24.1 Å². The Labute approximate surface area is 114 Å². The summed E-state index contributed by atoms with van der Waals surface area (Å²) in [6, 6.07) is 3.40. The Morgan fingerprint density at radius 1 is 1.32 bits per heavy atom. The van der Waals surface area contributed by atoms with Gasteiger partial charge < -0.3 is 10.5 Å². The Balaban J connectivity index is 2.23. The van der Waals surface area contributed by atoms with Gasteiger partial charge in [0.15, 0.2) is 0 Å². The minimum atomic E-state index is -3.57. The van der Waals surface area contributed by atoms with Crippen molar-refractivity contribution in [3.05, 3.63) is 23.3 Å². The third-order valence-electron chi connectivity index (χ3n) is 3.73. The summed E-state index contributed by atoms with van der Waals surface area (Å²) in [6.45, 7) is 3.65.